The Morgan fingerprint density at radius 2 is 1.72 bits per heavy atom. The molecule has 32 heavy (non-hydrogen) atoms. The fourth-order valence-electron chi connectivity index (χ4n) is 5.51. The Hall–Kier alpha value is -1.62. The van der Waals surface area contributed by atoms with E-state index in [4.69, 9.17) is 4.98 Å². The molecular weight excluding hydrogens is 432 g/mol. The molecule has 0 unspecified atom stereocenters. The number of nitrogens with one attached hydrogen (secondary N) is 1. The van der Waals surface area contributed by atoms with E-state index in [1.807, 2.05) is 18.5 Å². The van der Waals surface area contributed by atoms with Crippen LogP contribution >= 0.6 is 11.8 Å². The summed E-state index contributed by atoms with van der Waals surface area (Å²) in [6, 6.07) is 2.04. The number of rotatable bonds is 7. The third-order valence-electron chi connectivity index (χ3n) is 7.26. The van der Waals surface area contributed by atoms with Crippen molar-refractivity contribution < 1.29 is 5.11 Å². The summed E-state index contributed by atoms with van der Waals surface area (Å²) >= 11 is 1.51. The van der Waals surface area contributed by atoms with Gasteiger partial charge < -0.3 is 10.4 Å². The first kappa shape index (κ1) is 25.0. The minimum absolute atomic E-state index is 0.109. The average molecular weight is 471 g/mol. The fourth-order valence-corrected chi connectivity index (χ4v) is 11.1. The molecule has 5 nitrogen and oxygen atoms in total. The van der Waals surface area contributed by atoms with Crippen LogP contribution in [-0.4, -0.2) is 46.5 Å². The number of aliphatic hydroxyl groups excluding tert-OH is 1. The fraction of sp³-hybridized carbons (Fsp3) is 0.640. The van der Waals surface area contributed by atoms with E-state index in [1.54, 1.807) is 0 Å². The van der Waals surface area contributed by atoms with Crippen LogP contribution in [0.3, 0.4) is 0 Å². The molecule has 2 aromatic rings. The lowest BCUT2D eigenvalue weighted by Gasteiger charge is -2.38. The van der Waals surface area contributed by atoms with Gasteiger partial charge >= 0.3 is 0 Å². The molecule has 3 rings (SSSR count). The topological polar surface area (TPSA) is 70.9 Å². The van der Waals surface area contributed by atoms with E-state index in [2.05, 4.69) is 68.3 Å². The van der Waals surface area contributed by atoms with E-state index < -0.39 is 8.07 Å². The molecule has 0 saturated heterocycles. The van der Waals surface area contributed by atoms with Gasteiger partial charge in [-0.25, -0.2) is 15.0 Å². The predicted octanol–water partition coefficient (Wildman–Crippen LogP) is 6.03. The van der Waals surface area contributed by atoms with Gasteiger partial charge in [0.1, 0.15) is 13.9 Å². The van der Waals surface area contributed by atoms with Crippen molar-refractivity contribution in [3.63, 3.8) is 0 Å². The van der Waals surface area contributed by atoms with Crippen molar-refractivity contribution in [2.75, 3.05) is 18.2 Å². The Morgan fingerprint density at radius 1 is 1.09 bits per heavy atom. The lowest BCUT2D eigenvalue weighted by Crippen LogP contribution is -2.43. The molecule has 0 aliphatic heterocycles. The average Bonchev–Trinajstić information content (AvgIpc) is 3.21. The van der Waals surface area contributed by atoms with Gasteiger partial charge in [0.2, 0.25) is 0 Å². The zero-order valence-electron chi connectivity index (χ0n) is 20.6. The number of fused-ring (bicyclic) bond motifs is 1. The van der Waals surface area contributed by atoms with Crippen LogP contribution in [0.1, 0.15) is 72.8 Å². The van der Waals surface area contributed by atoms with Gasteiger partial charge in [-0.3, -0.25) is 0 Å². The van der Waals surface area contributed by atoms with Gasteiger partial charge in [-0.15, -0.1) is 5.54 Å². The smallest absolute Gasteiger partial charge is 0.189 e. The maximum atomic E-state index is 10.1. The first-order valence-electron chi connectivity index (χ1n) is 11.8. The number of aromatic nitrogens is 3. The summed E-state index contributed by atoms with van der Waals surface area (Å²) in [5.41, 5.74) is 6.82. The molecule has 1 saturated carbocycles. The van der Waals surface area contributed by atoms with Gasteiger partial charge in [-0.05, 0) is 41.8 Å². The highest BCUT2D eigenvalue weighted by Crippen LogP contribution is 2.41. The molecule has 7 heteroatoms. The van der Waals surface area contributed by atoms with Crippen molar-refractivity contribution in [2.45, 2.75) is 94.5 Å². The van der Waals surface area contributed by atoms with Crippen LogP contribution in [0.4, 0.5) is 5.82 Å². The molecular formula is C25H38N4OSSi. The molecule has 0 bridgehead atoms. The highest BCUT2D eigenvalue weighted by atomic mass is 32.2. The molecule has 1 aliphatic rings. The first-order valence-corrected chi connectivity index (χ1v) is 15.3. The van der Waals surface area contributed by atoms with E-state index in [-0.39, 0.29) is 12.1 Å². The standard InChI is InChI=1S/C25H38N4OSSi/c1-17(2)32(18(3)4,19(5)6)13-10-20-14-22(29-25(16-30)11-8-9-12-25)27-23-21(20)15-26-24(28-23)31-7/h14-15,17-19,30H,8-9,11-12,16H2,1-7H3,(H,26,27,28,29). The van der Waals surface area contributed by atoms with E-state index in [0.29, 0.717) is 27.4 Å². The molecule has 0 radical (unpaired) electrons. The van der Waals surface area contributed by atoms with E-state index in [9.17, 15) is 5.11 Å². The van der Waals surface area contributed by atoms with Crippen LogP contribution < -0.4 is 5.32 Å². The molecule has 0 spiro atoms. The minimum Gasteiger partial charge on any atom is -0.394 e. The molecule has 1 fully saturated rings. The summed E-state index contributed by atoms with van der Waals surface area (Å²) in [7, 11) is -1.88. The normalized spacial score (nSPS) is 16.1. The number of hydrogen-bond donors (Lipinski definition) is 2. The van der Waals surface area contributed by atoms with Gasteiger partial charge in [0.05, 0.1) is 17.5 Å². The molecule has 1 aliphatic carbocycles. The molecule has 0 aromatic carbocycles. The van der Waals surface area contributed by atoms with Crippen molar-refractivity contribution in [2.24, 2.45) is 0 Å². The van der Waals surface area contributed by atoms with Crippen LogP contribution in [0.2, 0.25) is 16.6 Å². The Labute approximate surface area is 198 Å². The first-order chi connectivity index (χ1) is 15.2. The number of hydrogen-bond acceptors (Lipinski definition) is 6. The van der Waals surface area contributed by atoms with Crippen LogP contribution in [0.25, 0.3) is 11.0 Å². The monoisotopic (exact) mass is 470 g/mol. The summed E-state index contributed by atoms with van der Waals surface area (Å²) < 4.78 is 0. The number of aliphatic hydroxyl groups is 1. The Morgan fingerprint density at radius 3 is 2.25 bits per heavy atom. The van der Waals surface area contributed by atoms with Crippen LogP contribution in [0.5, 0.6) is 0 Å². The maximum absolute atomic E-state index is 10.1. The number of anilines is 1. The van der Waals surface area contributed by atoms with Crippen LogP contribution in [0.15, 0.2) is 17.4 Å². The van der Waals surface area contributed by atoms with E-state index in [0.717, 1.165) is 42.5 Å². The Bertz CT molecular complexity index is 984. The summed E-state index contributed by atoms with van der Waals surface area (Å²) in [6.07, 6.45) is 7.98. The largest absolute Gasteiger partial charge is 0.394 e. The van der Waals surface area contributed by atoms with E-state index >= 15 is 0 Å². The SMILES string of the molecule is CSc1ncc2c(C#C[Si](C(C)C)(C(C)C)C(C)C)cc(NC3(CO)CCCC3)nc2n1. The second-order valence-corrected chi connectivity index (χ2v) is 16.4. The number of thioether (sulfide) groups is 1. The number of nitrogens with zero attached hydrogens (tertiary/aromatic N) is 3. The third-order valence-corrected chi connectivity index (χ3v) is 14.1. The van der Waals surface area contributed by atoms with Gasteiger partial charge in [-0.1, -0.05) is 72.1 Å². The molecule has 2 aromatic heterocycles. The summed E-state index contributed by atoms with van der Waals surface area (Å²) in [4.78, 5) is 14.0. The highest BCUT2D eigenvalue weighted by Gasteiger charge is 2.41. The lowest BCUT2D eigenvalue weighted by molar-refractivity contribution is 0.214. The zero-order valence-corrected chi connectivity index (χ0v) is 22.4. The second kappa shape index (κ2) is 10.1. The summed E-state index contributed by atoms with van der Waals surface area (Å²) in [6.45, 7) is 14.1. The van der Waals surface area contributed by atoms with Crippen molar-refractivity contribution in [3.8, 4) is 11.5 Å². The quantitative estimate of drug-likeness (QED) is 0.223. The summed E-state index contributed by atoms with van der Waals surface area (Å²) in [5, 5.41) is 15.2. The molecule has 0 amide bonds. The van der Waals surface area contributed by atoms with Gasteiger partial charge in [0.25, 0.3) is 0 Å². The van der Waals surface area contributed by atoms with Crippen molar-refractivity contribution in [3.05, 3.63) is 17.8 Å². The zero-order chi connectivity index (χ0) is 23.5. The maximum Gasteiger partial charge on any atom is 0.189 e. The van der Waals surface area contributed by atoms with Gasteiger partial charge in [0, 0.05) is 11.8 Å². The number of pyridine rings is 1. The molecule has 2 N–H and O–H groups in total. The molecule has 0 atom stereocenters. The van der Waals surface area contributed by atoms with Crippen molar-refractivity contribution in [1.29, 1.82) is 0 Å². The van der Waals surface area contributed by atoms with Gasteiger partial charge in [-0.2, -0.15) is 0 Å². The predicted molar refractivity (Wildman–Crippen MR) is 139 cm³/mol. The minimum atomic E-state index is -1.88. The van der Waals surface area contributed by atoms with Crippen molar-refractivity contribution >= 4 is 36.7 Å². The lowest BCUT2D eigenvalue weighted by atomic mass is 9.99. The third kappa shape index (κ3) is 4.83. The van der Waals surface area contributed by atoms with Crippen LogP contribution in [-0.2, 0) is 0 Å². The van der Waals surface area contributed by atoms with Crippen molar-refractivity contribution in [1.82, 2.24) is 15.0 Å². The summed E-state index contributed by atoms with van der Waals surface area (Å²) in [5.74, 6) is 4.33. The Balaban J connectivity index is 2.16. The highest BCUT2D eigenvalue weighted by molar-refractivity contribution is 7.98. The molecule has 2 heterocycles. The second-order valence-electron chi connectivity index (χ2n) is 10.1. The molecule has 174 valence electrons. The van der Waals surface area contributed by atoms with Gasteiger partial charge in [0.15, 0.2) is 10.8 Å². The van der Waals surface area contributed by atoms with Crippen LogP contribution in [0, 0.1) is 11.5 Å². The Kier molecular flexibility index (Phi) is 7.90. The van der Waals surface area contributed by atoms with E-state index in [1.165, 1.54) is 11.8 Å².